The second kappa shape index (κ2) is 7.28. The minimum Gasteiger partial charge on any atom is -0.352 e. The third kappa shape index (κ3) is 4.30. The van der Waals surface area contributed by atoms with Crippen LogP contribution in [-0.4, -0.2) is 28.9 Å². The number of carbonyl (C=O) groups is 1. The molecule has 0 unspecified atom stereocenters. The maximum Gasteiger partial charge on any atom is 0.242 e. The molecule has 1 aliphatic rings. The molecule has 6 heteroatoms. The maximum atomic E-state index is 13.2. The lowest BCUT2D eigenvalue weighted by atomic mass is 10.0. The summed E-state index contributed by atoms with van der Waals surface area (Å²) in [7, 11) is 1.87. The van der Waals surface area contributed by atoms with E-state index in [9.17, 15) is 9.18 Å². The summed E-state index contributed by atoms with van der Waals surface area (Å²) in [5.41, 5.74) is 1.72. The lowest BCUT2D eigenvalue weighted by Gasteiger charge is -2.27. The molecule has 1 heterocycles. The average Bonchev–Trinajstić information content (AvgIpc) is 3.36. The summed E-state index contributed by atoms with van der Waals surface area (Å²) in [5, 5.41) is 3.47. The van der Waals surface area contributed by atoms with E-state index in [0.29, 0.717) is 11.7 Å². The highest BCUT2D eigenvalue weighted by molar-refractivity contribution is 6.29. The zero-order valence-corrected chi connectivity index (χ0v) is 14.1. The maximum absolute atomic E-state index is 13.2. The van der Waals surface area contributed by atoms with Crippen molar-refractivity contribution in [2.75, 3.05) is 7.05 Å². The van der Waals surface area contributed by atoms with Gasteiger partial charge in [0.15, 0.2) is 0 Å². The second-order valence-electron chi connectivity index (χ2n) is 6.14. The Balaban J connectivity index is 1.80. The molecule has 1 aliphatic carbocycles. The summed E-state index contributed by atoms with van der Waals surface area (Å²) in [5.74, 6) is -0.377. The van der Waals surface area contributed by atoms with Crippen molar-refractivity contribution in [3.8, 4) is 0 Å². The molecule has 1 aromatic heterocycles. The molecule has 2 aromatic rings. The Kier molecular flexibility index (Phi) is 5.11. The van der Waals surface area contributed by atoms with Gasteiger partial charge in [-0.2, -0.15) is 0 Å². The van der Waals surface area contributed by atoms with Crippen LogP contribution in [0.4, 0.5) is 4.39 Å². The number of hydrogen-bond acceptors (Lipinski definition) is 3. The number of nitrogens with zero attached hydrogens (tertiary/aromatic N) is 2. The number of likely N-dealkylation sites (N-methyl/N-ethyl adjacent to an activating group) is 1. The van der Waals surface area contributed by atoms with E-state index in [0.717, 1.165) is 24.0 Å². The predicted octanol–water partition coefficient (Wildman–Crippen LogP) is 3.33. The van der Waals surface area contributed by atoms with Crippen molar-refractivity contribution < 1.29 is 9.18 Å². The molecule has 0 saturated heterocycles. The number of hydrogen-bond donors (Lipinski definition) is 1. The Hall–Kier alpha value is -1.98. The van der Waals surface area contributed by atoms with Gasteiger partial charge in [-0.1, -0.05) is 29.8 Å². The van der Waals surface area contributed by atoms with Crippen molar-refractivity contribution in [1.82, 2.24) is 15.2 Å². The number of pyridine rings is 1. The van der Waals surface area contributed by atoms with E-state index in [1.54, 1.807) is 24.4 Å². The van der Waals surface area contributed by atoms with Gasteiger partial charge in [0, 0.05) is 18.8 Å². The number of rotatable bonds is 6. The van der Waals surface area contributed by atoms with Crippen molar-refractivity contribution in [3.63, 3.8) is 0 Å². The molecular weight excluding hydrogens is 329 g/mol. The summed E-state index contributed by atoms with van der Waals surface area (Å²) in [6.07, 6.45) is 3.73. The number of halogens is 2. The first-order valence-electron chi connectivity index (χ1n) is 7.89. The second-order valence-corrected chi connectivity index (χ2v) is 6.53. The van der Waals surface area contributed by atoms with Crippen LogP contribution in [0.5, 0.6) is 0 Å². The number of benzene rings is 1. The van der Waals surface area contributed by atoms with Crippen molar-refractivity contribution >= 4 is 17.5 Å². The fourth-order valence-corrected chi connectivity index (χ4v) is 2.75. The van der Waals surface area contributed by atoms with Gasteiger partial charge in [-0.25, -0.2) is 9.37 Å². The van der Waals surface area contributed by atoms with Gasteiger partial charge < -0.3 is 5.32 Å². The van der Waals surface area contributed by atoms with Gasteiger partial charge in [-0.3, -0.25) is 9.69 Å². The lowest BCUT2D eigenvalue weighted by Crippen LogP contribution is -2.39. The standard InChI is InChI=1S/C18H19ClFN3O/c1-23(11-12-2-9-16(19)21-10-12)17(18(24)22-15-7-8-15)13-3-5-14(20)6-4-13/h2-6,9-10,15,17H,7-8,11H2,1H3,(H,22,24)/t17-/m1/s1. The van der Waals surface area contributed by atoms with Gasteiger partial charge in [0.2, 0.25) is 5.91 Å². The molecule has 1 aromatic carbocycles. The predicted molar refractivity (Wildman–Crippen MR) is 91.0 cm³/mol. The first-order valence-corrected chi connectivity index (χ1v) is 8.27. The highest BCUT2D eigenvalue weighted by Crippen LogP contribution is 2.25. The largest absolute Gasteiger partial charge is 0.352 e. The first kappa shape index (κ1) is 16.9. The zero-order chi connectivity index (χ0) is 17.1. The van der Waals surface area contributed by atoms with Crippen LogP contribution in [0.25, 0.3) is 0 Å². The first-order chi connectivity index (χ1) is 11.5. The van der Waals surface area contributed by atoms with Crippen LogP contribution >= 0.6 is 11.6 Å². The molecule has 126 valence electrons. The molecule has 0 radical (unpaired) electrons. The van der Waals surface area contributed by atoms with Gasteiger partial charge in [0.25, 0.3) is 0 Å². The monoisotopic (exact) mass is 347 g/mol. The van der Waals surface area contributed by atoms with Gasteiger partial charge in [-0.05, 0) is 49.2 Å². The smallest absolute Gasteiger partial charge is 0.242 e. The number of carbonyl (C=O) groups excluding carboxylic acids is 1. The van der Waals surface area contributed by atoms with Crippen LogP contribution in [0.1, 0.15) is 30.0 Å². The van der Waals surface area contributed by atoms with E-state index in [1.165, 1.54) is 12.1 Å². The molecule has 1 saturated carbocycles. The SMILES string of the molecule is CN(Cc1ccc(Cl)nc1)[C@@H](C(=O)NC1CC1)c1ccc(F)cc1. The molecule has 1 amide bonds. The molecule has 1 atom stereocenters. The summed E-state index contributed by atoms with van der Waals surface area (Å²) >= 11 is 5.81. The van der Waals surface area contributed by atoms with Crippen LogP contribution in [0.15, 0.2) is 42.6 Å². The van der Waals surface area contributed by atoms with Crippen molar-refractivity contribution in [1.29, 1.82) is 0 Å². The zero-order valence-electron chi connectivity index (χ0n) is 13.4. The highest BCUT2D eigenvalue weighted by Gasteiger charge is 2.30. The number of amides is 1. The third-order valence-corrected chi connectivity index (χ3v) is 4.24. The molecule has 0 bridgehead atoms. The van der Waals surface area contributed by atoms with Crippen LogP contribution in [0, 0.1) is 5.82 Å². The van der Waals surface area contributed by atoms with Crippen molar-refractivity contribution in [2.45, 2.75) is 31.5 Å². The minimum atomic E-state index is -0.484. The van der Waals surface area contributed by atoms with E-state index in [-0.39, 0.29) is 17.8 Å². The van der Waals surface area contributed by atoms with E-state index in [2.05, 4.69) is 10.3 Å². The highest BCUT2D eigenvalue weighted by atomic mass is 35.5. The molecule has 0 spiro atoms. The van der Waals surface area contributed by atoms with E-state index in [4.69, 9.17) is 11.6 Å². The van der Waals surface area contributed by atoms with Crippen molar-refractivity contribution in [3.05, 3.63) is 64.7 Å². The molecule has 24 heavy (non-hydrogen) atoms. The Labute approximate surface area is 145 Å². The summed E-state index contributed by atoms with van der Waals surface area (Å²) in [6.45, 7) is 0.532. The summed E-state index contributed by atoms with van der Waals surface area (Å²) in [6, 6.07) is 9.46. The van der Waals surface area contributed by atoms with Gasteiger partial charge in [0.05, 0.1) is 0 Å². The van der Waals surface area contributed by atoms with Crippen LogP contribution < -0.4 is 5.32 Å². The average molecular weight is 348 g/mol. The van der Waals surface area contributed by atoms with Crippen molar-refractivity contribution in [2.24, 2.45) is 0 Å². The molecule has 1 fully saturated rings. The summed E-state index contributed by atoms with van der Waals surface area (Å²) < 4.78 is 13.2. The summed E-state index contributed by atoms with van der Waals surface area (Å²) in [4.78, 5) is 18.7. The topological polar surface area (TPSA) is 45.2 Å². The lowest BCUT2D eigenvalue weighted by molar-refractivity contribution is -0.126. The van der Waals surface area contributed by atoms with Gasteiger partial charge in [0.1, 0.15) is 17.0 Å². The van der Waals surface area contributed by atoms with Crippen LogP contribution in [0.2, 0.25) is 5.15 Å². The molecular formula is C18H19ClFN3O. The number of aromatic nitrogens is 1. The van der Waals surface area contributed by atoms with Crippen LogP contribution in [0.3, 0.4) is 0 Å². The van der Waals surface area contributed by atoms with Gasteiger partial charge >= 0.3 is 0 Å². The van der Waals surface area contributed by atoms with E-state index in [1.807, 2.05) is 18.0 Å². The Morgan fingerprint density at radius 3 is 2.62 bits per heavy atom. The normalized spacial score (nSPS) is 15.3. The van der Waals surface area contributed by atoms with Gasteiger partial charge in [-0.15, -0.1) is 0 Å². The van der Waals surface area contributed by atoms with E-state index < -0.39 is 6.04 Å². The molecule has 1 N–H and O–H groups in total. The quantitative estimate of drug-likeness (QED) is 0.815. The molecule has 0 aliphatic heterocycles. The minimum absolute atomic E-state index is 0.0615. The number of nitrogens with one attached hydrogen (secondary N) is 1. The van der Waals surface area contributed by atoms with E-state index >= 15 is 0 Å². The fourth-order valence-electron chi connectivity index (χ4n) is 2.64. The Morgan fingerprint density at radius 1 is 1.33 bits per heavy atom. The fraction of sp³-hybridized carbons (Fsp3) is 0.333. The Morgan fingerprint density at radius 2 is 2.04 bits per heavy atom. The molecule has 4 nitrogen and oxygen atoms in total. The molecule has 3 rings (SSSR count). The Bertz CT molecular complexity index is 701. The third-order valence-electron chi connectivity index (χ3n) is 4.02. The van der Waals surface area contributed by atoms with Crippen LogP contribution in [-0.2, 0) is 11.3 Å².